The summed E-state index contributed by atoms with van der Waals surface area (Å²) in [6, 6.07) is 2.56. The van der Waals surface area contributed by atoms with Crippen LogP contribution in [-0.4, -0.2) is 21.0 Å². The Morgan fingerprint density at radius 1 is 1.26 bits per heavy atom. The summed E-state index contributed by atoms with van der Waals surface area (Å²) in [5.41, 5.74) is 5.36. The van der Waals surface area contributed by atoms with Crippen molar-refractivity contribution in [2.45, 2.75) is 36.6 Å². The number of sulfonamides is 1. The summed E-state index contributed by atoms with van der Waals surface area (Å²) in [4.78, 5) is -1.05. The average Bonchev–Trinajstić information content (AvgIpc) is 2.46. The molecular weight excluding hydrogens is 348 g/mol. The first-order valence-corrected chi connectivity index (χ1v) is 8.49. The van der Waals surface area contributed by atoms with Crippen molar-refractivity contribution in [3.8, 4) is 6.07 Å². The molecule has 23 heavy (non-hydrogen) atoms. The van der Waals surface area contributed by atoms with Crippen molar-refractivity contribution in [2.75, 3.05) is 6.54 Å². The van der Waals surface area contributed by atoms with Gasteiger partial charge >= 0.3 is 0 Å². The first-order valence-electron chi connectivity index (χ1n) is 7.00. The first kappa shape index (κ1) is 19.8. The summed E-state index contributed by atoms with van der Waals surface area (Å²) in [6.45, 7) is 0.311. The largest absolute Gasteiger partial charge is 0.330 e. The molecule has 1 aromatic rings. The predicted molar refractivity (Wildman–Crippen MR) is 83.4 cm³/mol. The molecule has 0 heterocycles. The molecule has 1 aromatic carbocycles. The number of nitriles is 1. The molecule has 3 N–H and O–H groups in total. The van der Waals surface area contributed by atoms with Gasteiger partial charge in [0.2, 0.25) is 10.0 Å². The molecule has 1 saturated carbocycles. The molecule has 0 saturated heterocycles. The molecule has 2 rings (SSSR count). The van der Waals surface area contributed by atoms with Crippen LogP contribution in [0.1, 0.15) is 31.2 Å². The van der Waals surface area contributed by atoms with Crippen LogP contribution < -0.4 is 10.5 Å². The molecule has 2 atom stereocenters. The number of hydrogen-bond acceptors (Lipinski definition) is 4. The maximum atomic E-state index is 13.9. The van der Waals surface area contributed by atoms with E-state index in [4.69, 9.17) is 11.0 Å². The van der Waals surface area contributed by atoms with Gasteiger partial charge in [0.05, 0.1) is 11.6 Å². The Hall–Kier alpha value is -1.27. The minimum atomic E-state index is -4.35. The van der Waals surface area contributed by atoms with Gasteiger partial charge in [-0.3, -0.25) is 0 Å². The van der Waals surface area contributed by atoms with Crippen LogP contribution in [-0.2, 0) is 10.0 Å². The highest BCUT2D eigenvalue weighted by Gasteiger charge is 2.32. The number of benzene rings is 1. The summed E-state index contributed by atoms with van der Waals surface area (Å²) in [5, 5.41) is 8.65. The van der Waals surface area contributed by atoms with E-state index in [1.807, 2.05) is 0 Å². The van der Waals surface area contributed by atoms with Gasteiger partial charge in [-0.15, -0.1) is 12.4 Å². The van der Waals surface area contributed by atoms with Crippen molar-refractivity contribution in [3.05, 3.63) is 29.3 Å². The van der Waals surface area contributed by atoms with Gasteiger partial charge in [0.25, 0.3) is 0 Å². The Morgan fingerprint density at radius 2 is 1.83 bits per heavy atom. The second kappa shape index (κ2) is 8.02. The SMILES string of the molecule is Cl.N#Cc1cc(F)c(S(=O)(=O)NC2CCCCC2CN)c(F)c1. The molecule has 0 radical (unpaired) electrons. The van der Waals surface area contributed by atoms with Crippen LogP contribution in [0.2, 0.25) is 0 Å². The zero-order valence-electron chi connectivity index (χ0n) is 12.3. The molecule has 1 aliphatic rings. The molecular formula is C14H18ClF2N3O2S. The molecule has 0 amide bonds. The fraction of sp³-hybridized carbons (Fsp3) is 0.500. The smallest absolute Gasteiger partial charge is 0.246 e. The van der Waals surface area contributed by atoms with Crippen molar-refractivity contribution in [3.63, 3.8) is 0 Å². The van der Waals surface area contributed by atoms with E-state index in [2.05, 4.69) is 4.72 Å². The number of hydrogen-bond donors (Lipinski definition) is 2. The van der Waals surface area contributed by atoms with Gasteiger partial charge in [0, 0.05) is 6.04 Å². The van der Waals surface area contributed by atoms with Gasteiger partial charge in [0.15, 0.2) is 4.90 Å². The normalized spacial score (nSPS) is 21.3. The van der Waals surface area contributed by atoms with Crippen LogP contribution in [0.15, 0.2) is 17.0 Å². The van der Waals surface area contributed by atoms with Crippen molar-refractivity contribution < 1.29 is 17.2 Å². The molecule has 128 valence electrons. The molecule has 0 spiro atoms. The Balaban J connectivity index is 0.00000264. The minimum absolute atomic E-state index is 0. The summed E-state index contributed by atoms with van der Waals surface area (Å²) in [7, 11) is -4.35. The molecule has 0 aromatic heterocycles. The van der Waals surface area contributed by atoms with Gasteiger partial charge in [-0.2, -0.15) is 5.26 Å². The van der Waals surface area contributed by atoms with Crippen LogP contribution in [0.25, 0.3) is 0 Å². The van der Waals surface area contributed by atoms with E-state index in [0.717, 1.165) is 19.3 Å². The second-order valence-electron chi connectivity index (χ2n) is 5.39. The van der Waals surface area contributed by atoms with Crippen molar-refractivity contribution >= 4 is 22.4 Å². The van der Waals surface area contributed by atoms with E-state index in [1.165, 1.54) is 0 Å². The molecule has 1 aliphatic carbocycles. The Labute approximate surface area is 140 Å². The zero-order valence-corrected chi connectivity index (χ0v) is 13.9. The highest BCUT2D eigenvalue weighted by atomic mass is 35.5. The highest BCUT2D eigenvalue weighted by molar-refractivity contribution is 7.89. The van der Waals surface area contributed by atoms with E-state index in [0.29, 0.717) is 25.1 Å². The second-order valence-corrected chi connectivity index (χ2v) is 7.04. The Kier molecular flexibility index (Phi) is 6.89. The number of nitrogens with two attached hydrogens (primary N) is 1. The fourth-order valence-corrected chi connectivity index (χ4v) is 4.24. The van der Waals surface area contributed by atoms with Crippen LogP contribution in [0.5, 0.6) is 0 Å². The quantitative estimate of drug-likeness (QED) is 0.853. The molecule has 1 fully saturated rings. The van der Waals surface area contributed by atoms with E-state index in [9.17, 15) is 17.2 Å². The third-order valence-electron chi connectivity index (χ3n) is 3.91. The monoisotopic (exact) mass is 365 g/mol. The van der Waals surface area contributed by atoms with Crippen LogP contribution >= 0.6 is 12.4 Å². The van der Waals surface area contributed by atoms with Gasteiger partial charge in [-0.25, -0.2) is 21.9 Å². The lowest BCUT2D eigenvalue weighted by Crippen LogP contribution is -2.45. The number of nitrogens with zero attached hydrogens (tertiary/aromatic N) is 1. The average molecular weight is 366 g/mol. The number of rotatable bonds is 4. The molecule has 0 aliphatic heterocycles. The standard InChI is InChI=1S/C14H17F2N3O2S.ClH/c15-11-5-9(7-17)6-12(16)14(11)22(20,21)19-13-4-2-1-3-10(13)8-18;/h5-6,10,13,19H,1-4,8,18H2;1H. The lowest BCUT2D eigenvalue weighted by atomic mass is 9.85. The fourth-order valence-electron chi connectivity index (χ4n) is 2.78. The Morgan fingerprint density at radius 3 is 2.35 bits per heavy atom. The van der Waals surface area contributed by atoms with E-state index in [-0.39, 0.29) is 23.9 Å². The molecule has 9 heteroatoms. The van der Waals surface area contributed by atoms with Crippen LogP contribution in [0.3, 0.4) is 0 Å². The maximum Gasteiger partial charge on any atom is 0.246 e. The molecule has 5 nitrogen and oxygen atoms in total. The van der Waals surface area contributed by atoms with Crippen molar-refractivity contribution in [2.24, 2.45) is 11.7 Å². The van der Waals surface area contributed by atoms with E-state index >= 15 is 0 Å². The summed E-state index contributed by atoms with van der Waals surface area (Å²) in [6.07, 6.45) is 3.16. The van der Waals surface area contributed by atoms with E-state index < -0.39 is 32.6 Å². The zero-order chi connectivity index (χ0) is 16.3. The van der Waals surface area contributed by atoms with E-state index in [1.54, 1.807) is 6.07 Å². The third-order valence-corrected chi connectivity index (χ3v) is 5.45. The Bertz CT molecular complexity index is 683. The number of nitrogens with one attached hydrogen (secondary N) is 1. The topological polar surface area (TPSA) is 96.0 Å². The lowest BCUT2D eigenvalue weighted by Gasteiger charge is -2.31. The predicted octanol–water partition coefficient (Wildman–Crippen LogP) is 2.05. The van der Waals surface area contributed by atoms with Gasteiger partial charge in [0.1, 0.15) is 11.6 Å². The van der Waals surface area contributed by atoms with Gasteiger partial charge in [-0.1, -0.05) is 12.8 Å². The van der Waals surface area contributed by atoms with Crippen molar-refractivity contribution in [1.29, 1.82) is 5.26 Å². The third kappa shape index (κ3) is 4.38. The molecule has 2 unspecified atom stereocenters. The van der Waals surface area contributed by atoms with Gasteiger partial charge in [-0.05, 0) is 37.4 Å². The highest BCUT2D eigenvalue weighted by Crippen LogP contribution is 2.27. The first-order chi connectivity index (χ1) is 10.4. The van der Waals surface area contributed by atoms with Crippen LogP contribution in [0, 0.1) is 28.9 Å². The minimum Gasteiger partial charge on any atom is -0.330 e. The summed E-state index contributed by atoms with van der Waals surface area (Å²) in [5.74, 6) is -2.60. The number of halogens is 3. The maximum absolute atomic E-state index is 13.9. The lowest BCUT2D eigenvalue weighted by molar-refractivity contribution is 0.295. The summed E-state index contributed by atoms with van der Waals surface area (Å²) < 4.78 is 54.7. The van der Waals surface area contributed by atoms with Crippen molar-refractivity contribution in [1.82, 2.24) is 4.72 Å². The van der Waals surface area contributed by atoms with Crippen LogP contribution in [0.4, 0.5) is 8.78 Å². The molecule has 0 bridgehead atoms. The van der Waals surface area contributed by atoms with Gasteiger partial charge < -0.3 is 5.73 Å². The summed E-state index contributed by atoms with van der Waals surface area (Å²) >= 11 is 0.